The van der Waals surface area contributed by atoms with Gasteiger partial charge in [0.1, 0.15) is 5.69 Å². The number of alkyl halides is 1. The van der Waals surface area contributed by atoms with Gasteiger partial charge in [0.25, 0.3) is 0 Å². The summed E-state index contributed by atoms with van der Waals surface area (Å²) in [7, 11) is 0. The Morgan fingerprint density at radius 2 is 2.40 bits per heavy atom. The number of nitrogens with zero attached hydrogens (tertiary/aromatic N) is 4. The quantitative estimate of drug-likeness (QED) is 0.738. The van der Waals surface area contributed by atoms with Crippen molar-refractivity contribution in [1.29, 1.82) is 0 Å². The Balaban J connectivity index is 2.19. The first-order valence-corrected chi connectivity index (χ1v) is 5.47. The summed E-state index contributed by atoms with van der Waals surface area (Å²) in [6, 6.07) is 0. The molecule has 2 rings (SSSR count). The van der Waals surface area contributed by atoms with E-state index >= 15 is 0 Å². The van der Waals surface area contributed by atoms with Gasteiger partial charge in [0, 0.05) is 19.2 Å². The van der Waals surface area contributed by atoms with Crippen LogP contribution in [0, 0.1) is 0 Å². The maximum absolute atomic E-state index is 5.75. The summed E-state index contributed by atoms with van der Waals surface area (Å²) in [6.07, 6.45) is 8.59. The summed E-state index contributed by atoms with van der Waals surface area (Å²) in [6.45, 7) is 2.92. The van der Waals surface area contributed by atoms with Crippen LogP contribution in [0.25, 0.3) is 0 Å². The Kier molecular flexibility index (Phi) is 3.06. The van der Waals surface area contributed by atoms with Crippen LogP contribution in [-0.2, 0) is 6.54 Å². The molecule has 1 aromatic rings. The molecule has 0 N–H and O–H groups in total. The number of hydrogen-bond donors (Lipinski definition) is 0. The third-order valence-corrected chi connectivity index (χ3v) is 2.52. The van der Waals surface area contributed by atoms with Crippen LogP contribution in [0.5, 0.6) is 0 Å². The summed E-state index contributed by atoms with van der Waals surface area (Å²) in [4.78, 5) is 0. The molecule has 0 fully saturated rings. The Hall–Kier alpha value is -1.29. The van der Waals surface area contributed by atoms with E-state index in [-0.39, 0.29) is 0 Å². The first-order valence-electron chi connectivity index (χ1n) is 4.94. The summed E-state index contributed by atoms with van der Waals surface area (Å²) >= 11 is 5.75. The average Bonchev–Trinajstić information content (AvgIpc) is 2.78. The zero-order chi connectivity index (χ0) is 10.7. The molecule has 5 heteroatoms. The monoisotopic (exact) mass is 224 g/mol. The smallest absolute Gasteiger partial charge is 0.102 e. The van der Waals surface area contributed by atoms with Gasteiger partial charge in [0.15, 0.2) is 0 Å². The fourth-order valence-corrected chi connectivity index (χ4v) is 1.55. The van der Waals surface area contributed by atoms with Crippen molar-refractivity contribution in [3.05, 3.63) is 24.7 Å². The van der Waals surface area contributed by atoms with Crippen molar-refractivity contribution >= 4 is 23.0 Å². The predicted molar refractivity (Wildman–Crippen MR) is 62.3 cm³/mol. The Labute approximate surface area is 93.8 Å². The number of rotatable bonds is 3. The molecule has 0 saturated heterocycles. The minimum Gasteiger partial charge on any atom is -0.271 e. The number of hydrazone groups is 1. The Bertz CT molecular complexity index is 394. The molecule has 0 saturated carbocycles. The first kappa shape index (κ1) is 10.2. The molecular formula is C10H13ClN4. The molecule has 0 amide bonds. The summed E-state index contributed by atoms with van der Waals surface area (Å²) < 4.78 is 1.87. The largest absolute Gasteiger partial charge is 0.271 e. The molecule has 0 radical (unpaired) electrons. The van der Waals surface area contributed by atoms with Crippen LogP contribution >= 0.6 is 11.6 Å². The molecule has 80 valence electrons. The van der Waals surface area contributed by atoms with E-state index in [4.69, 9.17) is 11.6 Å². The lowest BCUT2D eigenvalue weighted by molar-refractivity contribution is 0.660. The third kappa shape index (κ3) is 2.21. The van der Waals surface area contributed by atoms with E-state index in [1.165, 1.54) is 0 Å². The lowest BCUT2D eigenvalue weighted by Gasteiger charge is -2.17. The van der Waals surface area contributed by atoms with Gasteiger partial charge >= 0.3 is 0 Å². The van der Waals surface area contributed by atoms with E-state index < -0.39 is 0 Å². The van der Waals surface area contributed by atoms with Gasteiger partial charge in [-0.2, -0.15) is 10.2 Å². The summed E-state index contributed by atoms with van der Waals surface area (Å²) in [5, 5.41) is 10.4. The molecule has 1 aromatic heterocycles. The number of aryl methyl sites for hydroxylation is 1. The average molecular weight is 225 g/mol. The van der Waals surface area contributed by atoms with Gasteiger partial charge in [0.05, 0.1) is 24.0 Å². The van der Waals surface area contributed by atoms with Crippen molar-refractivity contribution in [1.82, 2.24) is 9.78 Å². The zero-order valence-corrected chi connectivity index (χ0v) is 9.35. The van der Waals surface area contributed by atoms with Gasteiger partial charge in [0.2, 0.25) is 0 Å². The molecule has 2 heterocycles. The third-order valence-electron chi connectivity index (χ3n) is 2.21. The highest BCUT2D eigenvalue weighted by Gasteiger charge is 2.09. The minimum absolute atomic E-state index is 0.475. The van der Waals surface area contributed by atoms with Crippen molar-refractivity contribution in [3.63, 3.8) is 0 Å². The predicted octanol–water partition coefficient (Wildman–Crippen LogP) is 2.22. The second-order valence-electron chi connectivity index (χ2n) is 3.29. The summed E-state index contributed by atoms with van der Waals surface area (Å²) in [5.74, 6) is 0.475. The van der Waals surface area contributed by atoms with Crippen LogP contribution in [0.1, 0.15) is 13.3 Å². The van der Waals surface area contributed by atoms with E-state index in [0.29, 0.717) is 5.88 Å². The number of anilines is 1. The highest BCUT2D eigenvalue weighted by molar-refractivity contribution is 6.28. The normalized spacial score (nSPS) is 15.6. The number of aromatic nitrogens is 2. The molecule has 15 heavy (non-hydrogen) atoms. The lowest BCUT2D eigenvalue weighted by Crippen LogP contribution is -2.16. The van der Waals surface area contributed by atoms with E-state index in [2.05, 4.69) is 17.1 Å². The van der Waals surface area contributed by atoms with Crippen molar-refractivity contribution in [2.75, 3.05) is 10.9 Å². The molecule has 4 nitrogen and oxygen atoms in total. The molecule has 0 spiro atoms. The fourth-order valence-electron chi connectivity index (χ4n) is 1.38. The van der Waals surface area contributed by atoms with E-state index in [1.807, 2.05) is 23.2 Å². The van der Waals surface area contributed by atoms with Crippen molar-refractivity contribution in [2.45, 2.75) is 19.9 Å². The van der Waals surface area contributed by atoms with Crippen LogP contribution in [0.3, 0.4) is 0 Å². The van der Waals surface area contributed by atoms with Crippen LogP contribution in [-0.4, -0.2) is 21.4 Å². The van der Waals surface area contributed by atoms with Gasteiger partial charge in [-0.05, 0) is 6.92 Å². The standard InChI is InChI=1S/C10H13ClN4/c1-2-14-8-10(7-12-14)15-5-3-4-9(6-11)13-15/h3,5,7-8H,2,4,6H2,1H3. The summed E-state index contributed by atoms with van der Waals surface area (Å²) in [5.41, 5.74) is 1.94. The SMILES string of the molecule is CCn1cc(N2C=CCC(CCl)=N2)cn1. The molecule has 0 unspecified atom stereocenters. The van der Waals surface area contributed by atoms with Crippen LogP contribution < -0.4 is 5.01 Å². The molecule has 0 atom stereocenters. The Morgan fingerprint density at radius 1 is 1.53 bits per heavy atom. The topological polar surface area (TPSA) is 33.4 Å². The van der Waals surface area contributed by atoms with Crippen LogP contribution in [0.15, 0.2) is 29.8 Å². The number of halogens is 1. The first-order chi connectivity index (χ1) is 7.33. The molecule has 0 aromatic carbocycles. The zero-order valence-electron chi connectivity index (χ0n) is 8.60. The van der Waals surface area contributed by atoms with Crippen LogP contribution in [0.4, 0.5) is 5.69 Å². The van der Waals surface area contributed by atoms with Crippen molar-refractivity contribution in [3.8, 4) is 0 Å². The fraction of sp³-hybridized carbons (Fsp3) is 0.400. The molecule has 1 aliphatic heterocycles. The van der Waals surface area contributed by atoms with E-state index in [0.717, 1.165) is 24.4 Å². The maximum Gasteiger partial charge on any atom is 0.102 e. The van der Waals surface area contributed by atoms with Crippen LogP contribution in [0.2, 0.25) is 0 Å². The minimum atomic E-state index is 0.475. The highest BCUT2D eigenvalue weighted by Crippen LogP contribution is 2.17. The second kappa shape index (κ2) is 4.49. The second-order valence-corrected chi connectivity index (χ2v) is 3.55. The van der Waals surface area contributed by atoms with Crippen molar-refractivity contribution < 1.29 is 0 Å². The highest BCUT2D eigenvalue weighted by atomic mass is 35.5. The van der Waals surface area contributed by atoms with E-state index in [9.17, 15) is 0 Å². The van der Waals surface area contributed by atoms with Gasteiger partial charge in [-0.25, -0.2) is 5.01 Å². The molecule has 0 aliphatic carbocycles. The number of allylic oxidation sites excluding steroid dienone is 1. The van der Waals surface area contributed by atoms with Gasteiger partial charge < -0.3 is 0 Å². The van der Waals surface area contributed by atoms with Gasteiger partial charge in [-0.1, -0.05) is 6.08 Å². The lowest BCUT2D eigenvalue weighted by atomic mass is 10.3. The number of hydrogen-bond acceptors (Lipinski definition) is 3. The van der Waals surface area contributed by atoms with Gasteiger partial charge in [-0.3, -0.25) is 4.68 Å². The van der Waals surface area contributed by atoms with E-state index in [1.54, 1.807) is 11.2 Å². The van der Waals surface area contributed by atoms with Crippen molar-refractivity contribution in [2.24, 2.45) is 5.10 Å². The molecule has 0 bridgehead atoms. The van der Waals surface area contributed by atoms with Gasteiger partial charge in [-0.15, -0.1) is 11.6 Å². The molecular weight excluding hydrogens is 212 g/mol. The maximum atomic E-state index is 5.75. The Morgan fingerprint density at radius 3 is 3.07 bits per heavy atom. The molecule has 1 aliphatic rings.